The highest BCUT2D eigenvalue weighted by atomic mass is 32.2. The van der Waals surface area contributed by atoms with Crippen molar-refractivity contribution in [3.63, 3.8) is 0 Å². The van der Waals surface area contributed by atoms with E-state index in [1.54, 1.807) is 0 Å². The number of hydrogen-bond acceptors (Lipinski definition) is 4. The molecule has 0 spiro atoms. The van der Waals surface area contributed by atoms with Crippen LogP contribution in [0, 0.1) is 6.92 Å². The van der Waals surface area contributed by atoms with Crippen LogP contribution in [0.2, 0.25) is 0 Å². The molecule has 3 aromatic rings. The van der Waals surface area contributed by atoms with Gasteiger partial charge in [0.15, 0.2) is 0 Å². The summed E-state index contributed by atoms with van der Waals surface area (Å²) < 4.78 is 0. The van der Waals surface area contributed by atoms with E-state index in [4.69, 9.17) is 0 Å². The van der Waals surface area contributed by atoms with Crippen LogP contribution in [-0.4, -0.2) is 48.8 Å². The zero-order chi connectivity index (χ0) is 22.8. The third kappa shape index (κ3) is 4.74. The molecule has 0 saturated carbocycles. The van der Waals surface area contributed by atoms with Crippen LogP contribution in [0.1, 0.15) is 28.4 Å². The molecule has 2 aliphatic rings. The molecule has 33 heavy (non-hydrogen) atoms. The van der Waals surface area contributed by atoms with Gasteiger partial charge in [0.2, 0.25) is 0 Å². The van der Waals surface area contributed by atoms with E-state index in [1.807, 2.05) is 22.7 Å². The molecular weight excluding hydrogens is 426 g/mol. The second-order valence-electron chi connectivity index (χ2n) is 9.07. The van der Waals surface area contributed by atoms with Crippen LogP contribution in [0.25, 0.3) is 0 Å². The zero-order valence-corrected chi connectivity index (χ0v) is 20.2. The molecule has 2 aliphatic heterocycles. The van der Waals surface area contributed by atoms with Gasteiger partial charge < -0.3 is 14.7 Å². The Morgan fingerprint density at radius 2 is 1.82 bits per heavy atom. The maximum Gasteiger partial charge on any atom is 0.254 e. The Labute approximate surface area is 201 Å². The molecule has 1 saturated heterocycles. The fourth-order valence-electron chi connectivity index (χ4n) is 4.89. The van der Waals surface area contributed by atoms with Crippen molar-refractivity contribution in [3.05, 3.63) is 89.5 Å². The average Bonchev–Trinajstić information content (AvgIpc) is 2.84. The Morgan fingerprint density at radius 1 is 0.970 bits per heavy atom. The van der Waals surface area contributed by atoms with Crippen molar-refractivity contribution in [1.82, 2.24) is 4.90 Å². The molecular formula is C28H31N3OS. The van der Waals surface area contributed by atoms with Gasteiger partial charge in [-0.25, -0.2) is 0 Å². The first-order valence-corrected chi connectivity index (χ1v) is 12.8. The summed E-state index contributed by atoms with van der Waals surface area (Å²) in [6, 6.07) is 25.8. The molecule has 0 N–H and O–H groups in total. The lowest BCUT2D eigenvalue weighted by Crippen LogP contribution is -2.53. The van der Waals surface area contributed by atoms with E-state index in [-0.39, 0.29) is 11.9 Å². The minimum atomic E-state index is 0.142. The molecule has 1 unspecified atom stereocenters. The monoisotopic (exact) mass is 457 g/mol. The number of hydrogen-bond donors (Lipinski definition) is 0. The predicted molar refractivity (Wildman–Crippen MR) is 139 cm³/mol. The molecule has 0 radical (unpaired) electrons. The van der Waals surface area contributed by atoms with Gasteiger partial charge in [0.1, 0.15) is 0 Å². The smallest absolute Gasteiger partial charge is 0.254 e. The number of rotatable bonds is 4. The number of fused-ring (bicyclic) bond motifs is 1. The normalized spacial score (nSPS) is 18.2. The van der Waals surface area contributed by atoms with Crippen molar-refractivity contribution in [2.24, 2.45) is 0 Å². The number of aryl methyl sites for hydroxylation is 1. The van der Waals surface area contributed by atoms with E-state index < -0.39 is 0 Å². The van der Waals surface area contributed by atoms with E-state index in [9.17, 15) is 4.79 Å². The maximum absolute atomic E-state index is 13.5. The maximum atomic E-state index is 13.5. The van der Waals surface area contributed by atoms with Crippen LogP contribution in [0.5, 0.6) is 0 Å². The number of amides is 1. The molecule has 1 amide bonds. The van der Waals surface area contributed by atoms with Crippen LogP contribution in [0.4, 0.5) is 11.4 Å². The fraction of sp³-hybridized carbons (Fsp3) is 0.321. The molecule has 2 heterocycles. The van der Waals surface area contributed by atoms with Crippen LogP contribution < -0.4 is 9.80 Å². The first-order chi connectivity index (χ1) is 16.1. The number of anilines is 2. The second kappa shape index (κ2) is 9.52. The van der Waals surface area contributed by atoms with E-state index in [0.29, 0.717) is 0 Å². The summed E-state index contributed by atoms with van der Waals surface area (Å²) in [5.41, 5.74) is 5.80. The Hall–Kier alpha value is -2.92. The predicted octanol–water partition coefficient (Wildman–Crippen LogP) is 5.46. The Balaban J connectivity index is 1.32. The highest BCUT2D eigenvalue weighted by molar-refractivity contribution is 7.99. The summed E-state index contributed by atoms with van der Waals surface area (Å²) >= 11 is 1.89. The van der Waals surface area contributed by atoms with Gasteiger partial charge in [0, 0.05) is 60.7 Å². The number of benzene rings is 3. The number of carbonyl (C=O) groups is 1. The van der Waals surface area contributed by atoms with Gasteiger partial charge in [0.05, 0.1) is 5.69 Å². The van der Waals surface area contributed by atoms with Crippen LogP contribution in [0.3, 0.4) is 0 Å². The molecule has 0 bridgehead atoms. The van der Waals surface area contributed by atoms with Gasteiger partial charge in [0.25, 0.3) is 5.91 Å². The number of carbonyl (C=O) groups excluding carboxylic acids is 1. The molecule has 1 fully saturated rings. The fourth-order valence-corrected chi connectivity index (χ4v) is 5.92. The minimum absolute atomic E-state index is 0.142. The summed E-state index contributed by atoms with van der Waals surface area (Å²) in [4.78, 5) is 21.6. The Kier molecular flexibility index (Phi) is 6.32. The van der Waals surface area contributed by atoms with Crippen molar-refractivity contribution in [2.45, 2.75) is 31.3 Å². The van der Waals surface area contributed by atoms with Gasteiger partial charge in [-0.1, -0.05) is 42.5 Å². The lowest BCUT2D eigenvalue weighted by atomic mass is 10.1. The SMILES string of the molecule is Cc1cccc(N2CCN(C(=O)c3ccc4c(c3)N(Cc3ccccc3)CCS4)CC2C)c1. The molecule has 4 nitrogen and oxygen atoms in total. The van der Waals surface area contributed by atoms with Crippen molar-refractivity contribution in [1.29, 1.82) is 0 Å². The van der Waals surface area contributed by atoms with Crippen molar-refractivity contribution in [2.75, 3.05) is 41.7 Å². The van der Waals surface area contributed by atoms with Gasteiger partial charge in [-0.3, -0.25) is 4.79 Å². The van der Waals surface area contributed by atoms with Crippen molar-refractivity contribution in [3.8, 4) is 0 Å². The quantitative estimate of drug-likeness (QED) is 0.520. The molecule has 0 aromatic heterocycles. The summed E-state index contributed by atoms with van der Waals surface area (Å²) in [6.45, 7) is 8.56. The number of thioether (sulfide) groups is 1. The van der Waals surface area contributed by atoms with E-state index >= 15 is 0 Å². The molecule has 1 atom stereocenters. The molecule has 170 valence electrons. The number of nitrogens with zero attached hydrogens (tertiary/aromatic N) is 3. The Morgan fingerprint density at radius 3 is 2.61 bits per heavy atom. The van der Waals surface area contributed by atoms with Crippen LogP contribution in [-0.2, 0) is 6.54 Å². The van der Waals surface area contributed by atoms with E-state index in [1.165, 1.54) is 27.4 Å². The van der Waals surface area contributed by atoms with Crippen LogP contribution >= 0.6 is 11.8 Å². The first-order valence-electron chi connectivity index (χ1n) is 11.8. The van der Waals surface area contributed by atoms with Crippen LogP contribution in [0.15, 0.2) is 77.7 Å². The highest BCUT2D eigenvalue weighted by Gasteiger charge is 2.28. The second-order valence-corrected chi connectivity index (χ2v) is 10.2. The summed E-state index contributed by atoms with van der Waals surface area (Å²) in [5, 5.41) is 0. The number of piperazine rings is 1. The largest absolute Gasteiger partial charge is 0.365 e. The molecule has 5 heteroatoms. The zero-order valence-electron chi connectivity index (χ0n) is 19.4. The molecule has 5 rings (SSSR count). The third-order valence-electron chi connectivity index (χ3n) is 6.63. The summed E-state index contributed by atoms with van der Waals surface area (Å²) in [7, 11) is 0. The first kappa shape index (κ1) is 21.9. The minimum Gasteiger partial charge on any atom is -0.365 e. The topological polar surface area (TPSA) is 26.8 Å². The standard InChI is InChI=1S/C28H31N3OS/c1-21-7-6-10-25(17-21)31-14-13-30(19-22(31)2)28(32)24-11-12-27-26(18-24)29(15-16-33-27)20-23-8-4-3-5-9-23/h3-12,17-18,22H,13-16,19-20H2,1-2H3. The van der Waals surface area contributed by atoms with E-state index in [0.717, 1.165) is 44.0 Å². The highest BCUT2D eigenvalue weighted by Crippen LogP contribution is 2.36. The average molecular weight is 458 g/mol. The van der Waals surface area contributed by atoms with E-state index in [2.05, 4.69) is 90.4 Å². The summed E-state index contributed by atoms with van der Waals surface area (Å²) in [6.07, 6.45) is 0. The third-order valence-corrected chi connectivity index (χ3v) is 7.67. The Bertz CT molecular complexity index is 1130. The van der Waals surface area contributed by atoms with Gasteiger partial charge in [-0.05, 0) is 55.3 Å². The van der Waals surface area contributed by atoms with Gasteiger partial charge >= 0.3 is 0 Å². The van der Waals surface area contributed by atoms with Gasteiger partial charge in [-0.15, -0.1) is 11.8 Å². The summed E-state index contributed by atoms with van der Waals surface area (Å²) in [5.74, 6) is 1.22. The molecule has 0 aliphatic carbocycles. The van der Waals surface area contributed by atoms with Crippen molar-refractivity contribution >= 4 is 29.0 Å². The molecule has 3 aromatic carbocycles. The van der Waals surface area contributed by atoms with Crippen molar-refractivity contribution < 1.29 is 4.79 Å². The lowest BCUT2D eigenvalue weighted by Gasteiger charge is -2.41. The van der Waals surface area contributed by atoms with Gasteiger partial charge in [-0.2, -0.15) is 0 Å². The lowest BCUT2D eigenvalue weighted by molar-refractivity contribution is 0.0726.